The molecule has 3 heteroatoms. The Morgan fingerprint density at radius 2 is 1.67 bits per heavy atom. The van der Waals surface area contributed by atoms with Gasteiger partial charge in [0.2, 0.25) is 0 Å². The molecule has 0 saturated carbocycles. The highest BCUT2D eigenvalue weighted by Crippen LogP contribution is 2.23. The van der Waals surface area contributed by atoms with Crippen molar-refractivity contribution in [3.05, 3.63) is 29.8 Å². The summed E-state index contributed by atoms with van der Waals surface area (Å²) in [4.78, 5) is 2.38. The van der Waals surface area contributed by atoms with Crippen molar-refractivity contribution in [2.45, 2.75) is 38.9 Å². The van der Waals surface area contributed by atoms with Crippen LogP contribution in [0, 0.1) is 0 Å². The zero-order valence-corrected chi connectivity index (χ0v) is 12.4. The lowest BCUT2D eigenvalue weighted by Gasteiger charge is -2.34. The summed E-state index contributed by atoms with van der Waals surface area (Å²) >= 11 is 0. The molecule has 3 nitrogen and oxygen atoms in total. The number of likely N-dealkylation sites (N-methyl/N-ethyl adjacent to an activating group) is 2. The number of methoxy groups -OCH3 is 1. The Morgan fingerprint density at radius 1 is 1.11 bits per heavy atom. The average molecular weight is 250 g/mol. The van der Waals surface area contributed by atoms with Gasteiger partial charge < -0.3 is 10.1 Å². The highest BCUT2D eigenvalue weighted by atomic mass is 16.5. The van der Waals surface area contributed by atoms with Crippen LogP contribution < -0.4 is 10.1 Å². The molecule has 1 aromatic rings. The summed E-state index contributed by atoms with van der Waals surface area (Å²) < 4.78 is 5.20. The van der Waals surface area contributed by atoms with E-state index in [4.69, 9.17) is 4.74 Å². The summed E-state index contributed by atoms with van der Waals surface area (Å²) in [6.07, 6.45) is 0. The van der Waals surface area contributed by atoms with Crippen molar-refractivity contribution in [1.29, 1.82) is 0 Å². The molecule has 0 aliphatic heterocycles. The van der Waals surface area contributed by atoms with Gasteiger partial charge in [-0.2, -0.15) is 0 Å². The number of ether oxygens (including phenoxy) is 1. The number of nitrogens with one attached hydrogen (secondary N) is 1. The Kier molecular flexibility index (Phi) is 5.63. The molecule has 2 unspecified atom stereocenters. The number of hydrogen-bond acceptors (Lipinski definition) is 3. The molecule has 1 rings (SSSR count). The summed E-state index contributed by atoms with van der Waals surface area (Å²) in [5.74, 6) is 0.901. The lowest BCUT2D eigenvalue weighted by Crippen LogP contribution is -2.43. The monoisotopic (exact) mass is 250 g/mol. The second-order valence-electron chi connectivity index (χ2n) is 5.04. The minimum absolute atomic E-state index is 0.323. The lowest BCUT2D eigenvalue weighted by molar-refractivity contribution is 0.172. The third kappa shape index (κ3) is 3.47. The van der Waals surface area contributed by atoms with Crippen LogP contribution in [0.3, 0.4) is 0 Å². The van der Waals surface area contributed by atoms with Crippen molar-refractivity contribution in [1.82, 2.24) is 10.2 Å². The summed E-state index contributed by atoms with van der Waals surface area (Å²) in [6.45, 7) is 6.69. The first-order valence-electron chi connectivity index (χ1n) is 6.54. The van der Waals surface area contributed by atoms with E-state index in [0.29, 0.717) is 18.1 Å². The summed E-state index contributed by atoms with van der Waals surface area (Å²) in [5.41, 5.74) is 1.29. The molecule has 0 fully saturated rings. The molecular formula is C15H26N2O. The molecule has 0 aliphatic carbocycles. The van der Waals surface area contributed by atoms with Gasteiger partial charge in [-0.15, -0.1) is 0 Å². The SMILES string of the molecule is CNC(c1ccc(OC)cc1)C(C)N(C)C(C)C. The van der Waals surface area contributed by atoms with Crippen LogP contribution in [0.25, 0.3) is 0 Å². The van der Waals surface area contributed by atoms with Crippen LogP contribution in [-0.2, 0) is 0 Å². The molecule has 18 heavy (non-hydrogen) atoms. The van der Waals surface area contributed by atoms with Crippen molar-refractivity contribution < 1.29 is 4.74 Å². The number of benzene rings is 1. The Hall–Kier alpha value is -1.06. The van der Waals surface area contributed by atoms with E-state index < -0.39 is 0 Å². The van der Waals surface area contributed by atoms with Gasteiger partial charge in [-0.3, -0.25) is 4.90 Å². The largest absolute Gasteiger partial charge is 0.497 e. The van der Waals surface area contributed by atoms with Gasteiger partial charge in [-0.05, 0) is 52.6 Å². The highest BCUT2D eigenvalue weighted by molar-refractivity contribution is 5.29. The molecule has 0 aliphatic rings. The number of rotatable bonds is 6. The number of hydrogen-bond donors (Lipinski definition) is 1. The Morgan fingerprint density at radius 3 is 2.06 bits per heavy atom. The molecule has 1 N–H and O–H groups in total. The Balaban J connectivity index is 2.87. The Labute approximate surface area is 111 Å². The molecule has 0 bridgehead atoms. The molecule has 2 atom stereocenters. The summed E-state index contributed by atoms with van der Waals surface area (Å²) in [7, 11) is 5.88. The third-order valence-electron chi connectivity index (χ3n) is 3.73. The smallest absolute Gasteiger partial charge is 0.118 e. The fourth-order valence-corrected chi connectivity index (χ4v) is 2.20. The minimum Gasteiger partial charge on any atom is -0.497 e. The molecule has 0 saturated heterocycles. The van der Waals surface area contributed by atoms with Gasteiger partial charge in [-0.25, -0.2) is 0 Å². The standard InChI is InChI=1S/C15H26N2O/c1-11(2)17(5)12(3)15(16-4)13-7-9-14(18-6)10-8-13/h7-12,15-16H,1-6H3. The zero-order valence-electron chi connectivity index (χ0n) is 12.4. The van der Waals surface area contributed by atoms with Gasteiger partial charge in [0.05, 0.1) is 7.11 Å². The van der Waals surface area contributed by atoms with E-state index in [1.54, 1.807) is 7.11 Å². The Bertz CT molecular complexity index is 348. The van der Waals surface area contributed by atoms with Crippen molar-refractivity contribution in [3.8, 4) is 5.75 Å². The van der Waals surface area contributed by atoms with E-state index in [1.165, 1.54) is 5.56 Å². The van der Waals surface area contributed by atoms with E-state index in [1.807, 2.05) is 19.2 Å². The van der Waals surface area contributed by atoms with Gasteiger partial charge in [0, 0.05) is 18.1 Å². The molecule has 0 amide bonds. The van der Waals surface area contributed by atoms with E-state index in [0.717, 1.165) is 5.75 Å². The van der Waals surface area contributed by atoms with Crippen LogP contribution in [-0.4, -0.2) is 38.2 Å². The van der Waals surface area contributed by atoms with Gasteiger partial charge in [0.15, 0.2) is 0 Å². The number of nitrogens with zero attached hydrogens (tertiary/aromatic N) is 1. The van der Waals surface area contributed by atoms with Crippen molar-refractivity contribution in [3.63, 3.8) is 0 Å². The molecule has 1 aromatic carbocycles. The maximum atomic E-state index is 5.20. The van der Waals surface area contributed by atoms with E-state index >= 15 is 0 Å². The van der Waals surface area contributed by atoms with Crippen molar-refractivity contribution in [2.24, 2.45) is 0 Å². The maximum absolute atomic E-state index is 5.20. The first-order valence-corrected chi connectivity index (χ1v) is 6.54. The van der Waals surface area contributed by atoms with Crippen LogP contribution in [0.5, 0.6) is 5.75 Å². The molecule has 0 heterocycles. The molecular weight excluding hydrogens is 224 g/mol. The predicted molar refractivity (Wildman–Crippen MR) is 77.2 cm³/mol. The highest BCUT2D eigenvalue weighted by Gasteiger charge is 2.22. The van der Waals surface area contributed by atoms with Crippen molar-refractivity contribution >= 4 is 0 Å². The van der Waals surface area contributed by atoms with Crippen molar-refractivity contribution in [2.75, 3.05) is 21.2 Å². The predicted octanol–water partition coefficient (Wildman–Crippen LogP) is 2.68. The lowest BCUT2D eigenvalue weighted by atomic mass is 9.98. The topological polar surface area (TPSA) is 24.5 Å². The molecule has 0 radical (unpaired) electrons. The molecule has 0 aromatic heterocycles. The van der Waals surface area contributed by atoms with Gasteiger partial charge in [0.1, 0.15) is 5.75 Å². The van der Waals surface area contributed by atoms with Gasteiger partial charge in [-0.1, -0.05) is 12.1 Å². The van der Waals surface area contributed by atoms with Crippen LogP contribution in [0.15, 0.2) is 24.3 Å². The first-order chi connectivity index (χ1) is 8.51. The fourth-order valence-electron chi connectivity index (χ4n) is 2.20. The minimum atomic E-state index is 0.323. The normalized spacial score (nSPS) is 14.9. The average Bonchev–Trinajstić information content (AvgIpc) is 2.39. The summed E-state index contributed by atoms with van der Waals surface area (Å²) in [5, 5.41) is 3.41. The van der Waals surface area contributed by atoms with Crippen LogP contribution in [0.1, 0.15) is 32.4 Å². The fraction of sp³-hybridized carbons (Fsp3) is 0.600. The zero-order chi connectivity index (χ0) is 13.7. The van der Waals surface area contributed by atoms with Crippen LogP contribution in [0.2, 0.25) is 0 Å². The molecule has 102 valence electrons. The van der Waals surface area contributed by atoms with Crippen LogP contribution >= 0.6 is 0 Å². The van der Waals surface area contributed by atoms with Gasteiger partial charge in [0.25, 0.3) is 0 Å². The first kappa shape index (κ1) is 15.0. The van der Waals surface area contributed by atoms with Gasteiger partial charge >= 0.3 is 0 Å². The van der Waals surface area contributed by atoms with E-state index in [-0.39, 0.29) is 0 Å². The van der Waals surface area contributed by atoms with E-state index in [2.05, 4.69) is 50.2 Å². The maximum Gasteiger partial charge on any atom is 0.118 e. The second kappa shape index (κ2) is 6.76. The summed E-state index contributed by atoms with van der Waals surface area (Å²) in [6, 6.07) is 9.58. The van der Waals surface area contributed by atoms with E-state index in [9.17, 15) is 0 Å². The van der Waals surface area contributed by atoms with Crippen LogP contribution in [0.4, 0.5) is 0 Å². The quantitative estimate of drug-likeness (QED) is 0.840. The molecule has 0 spiro atoms. The third-order valence-corrected chi connectivity index (χ3v) is 3.73. The second-order valence-corrected chi connectivity index (χ2v) is 5.04.